The molecule has 0 saturated heterocycles. The molecule has 6 heteroatoms. The molecular weight excluding hydrogens is 172 g/mol. The molecule has 70 valence electrons. The highest BCUT2D eigenvalue weighted by molar-refractivity contribution is 5.96. The average Bonchev–Trinajstić information content (AvgIpc) is 2.36. The third kappa shape index (κ3) is 1.25. The Hall–Kier alpha value is -1.56. The maximum absolute atomic E-state index is 11.2. The van der Waals surface area contributed by atoms with Gasteiger partial charge in [0, 0.05) is 7.05 Å². The summed E-state index contributed by atoms with van der Waals surface area (Å²) in [6, 6.07) is -0.618. The van der Waals surface area contributed by atoms with E-state index in [1.165, 1.54) is 6.20 Å². The van der Waals surface area contributed by atoms with Gasteiger partial charge in [0.15, 0.2) is 0 Å². The molecular formula is C7H10N4O2. The Morgan fingerprint density at radius 1 is 1.85 bits per heavy atom. The molecule has 1 aromatic heterocycles. The van der Waals surface area contributed by atoms with Crippen molar-refractivity contribution in [3.05, 3.63) is 6.20 Å². The largest absolute Gasteiger partial charge is 0.474 e. The van der Waals surface area contributed by atoms with E-state index in [1.807, 2.05) is 0 Å². The van der Waals surface area contributed by atoms with Gasteiger partial charge in [-0.25, -0.2) is 4.68 Å². The molecule has 1 amide bonds. The number of aromatic nitrogens is 2. The van der Waals surface area contributed by atoms with Crippen molar-refractivity contribution in [3.8, 4) is 5.88 Å². The summed E-state index contributed by atoms with van der Waals surface area (Å²) < 4.78 is 6.84. The van der Waals surface area contributed by atoms with Crippen molar-refractivity contribution in [2.75, 3.05) is 11.9 Å². The Bertz CT molecular complexity index is 346. The van der Waals surface area contributed by atoms with Crippen LogP contribution in [-0.2, 0) is 11.8 Å². The molecule has 1 aliphatic heterocycles. The maximum atomic E-state index is 11.2. The van der Waals surface area contributed by atoms with E-state index in [2.05, 4.69) is 10.4 Å². The highest BCUT2D eigenvalue weighted by Crippen LogP contribution is 2.24. The number of carbonyl (C=O) groups is 1. The molecule has 1 aliphatic rings. The molecule has 0 aromatic carbocycles. The lowest BCUT2D eigenvalue weighted by atomic mass is 10.3. The highest BCUT2D eigenvalue weighted by Gasteiger charge is 2.23. The Balaban J connectivity index is 2.36. The second kappa shape index (κ2) is 2.74. The van der Waals surface area contributed by atoms with Crippen molar-refractivity contribution in [2.45, 2.75) is 6.04 Å². The van der Waals surface area contributed by atoms with Gasteiger partial charge in [-0.05, 0) is 0 Å². The van der Waals surface area contributed by atoms with Gasteiger partial charge in [0.1, 0.15) is 18.3 Å². The number of rotatable bonds is 0. The molecule has 3 N–H and O–H groups in total. The number of nitrogens with one attached hydrogen (secondary N) is 1. The first-order valence-corrected chi connectivity index (χ1v) is 3.89. The van der Waals surface area contributed by atoms with Gasteiger partial charge in [-0.2, -0.15) is 5.10 Å². The van der Waals surface area contributed by atoms with Crippen LogP contribution in [0.2, 0.25) is 0 Å². The molecule has 0 aliphatic carbocycles. The highest BCUT2D eigenvalue weighted by atomic mass is 16.5. The first-order chi connectivity index (χ1) is 6.18. The molecule has 2 rings (SSSR count). The molecule has 0 radical (unpaired) electrons. The SMILES string of the molecule is Cn1ncc2c1OC[C@H](N)C(=O)N2. The van der Waals surface area contributed by atoms with Gasteiger partial charge in [0.2, 0.25) is 11.8 Å². The van der Waals surface area contributed by atoms with E-state index in [0.29, 0.717) is 11.6 Å². The molecule has 2 heterocycles. The third-order valence-electron chi connectivity index (χ3n) is 1.88. The van der Waals surface area contributed by atoms with Crippen LogP contribution in [0, 0.1) is 0 Å². The fourth-order valence-electron chi connectivity index (χ4n) is 1.15. The fourth-order valence-corrected chi connectivity index (χ4v) is 1.15. The van der Waals surface area contributed by atoms with Gasteiger partial charge in [0.25, 0.3) is 0 Å². The predicted molar refractivity (Wildman–Crippen MR) is 45.3 cm³/mol. The molecule has 0 fully saturated rings. The van der Waals surface area contributed by atoms with E-state index in [0.717, 1.165) is 0 Å². The predicted octanol–water partition coefficient (Wildman–Crippen LogP) is -0.922. The fraction of sp³-hybridized carbons (Fsp3) is 0.429. The summed E-state index contributed by atoms with van der Waals surface area (Å²) in [5.41, 5.74) is 6.07. The molecule has 1 atom stereocenters. The Kier molecular flexibility index (Phi) is 1.70. The zero-order valence-electron chi connectivity index (χ0n) is 7.15. The van der Waals surface area contributed by atoms with E-state index in [-0.39, 0.29) is 12.5 Å². The van der Waals surface area contributed by atoms with Crippen LogP contribution in [-0.4, -0.2) is 28.3 Å². The van der Waals surface area contributed by atoms with Gasteiger partial charge >= 0.3 is 0 Å². The number of amides is 1. The second-order valence-electron chi connectivity index (χ2n) is 2.89. The molecule has 0 spiro atoms. The summed E-state index contributed by atoms with van der Waals surface area (Å²) in [4.78, 5) is 11.2. The lowest BCUT2D eigenvalue weighted by molar-refractivity contribution is -0.117. The van der Waals surface area contributed by atoms with Crippen molar-refractivity contribution >= 4 is 11.6 Å². The van der Waals surface area contributed by atoms with Gasteiger partial charge in [-0.15, -0.1) is 0 Å². The van der Waals surface area contributed by atoms with Gasteiger partial charge in [-0.3, -0.25) is 4.79 Å². The van der Waals surface area contributed by atoms with Crippen LogP contribution in [0.1, 0.15) is 0 Å². The monoisotopic (exact) mass is 182 g/mol. The lowest BCUT2D eigenvalue weighted by Gasteiger charge is -2.05. The van der Waals surface area contributed by atoms with Crippen molar-refractivity contribution in [1.82, 2.24) is 9.78 Å². The van der Waals surface area contributed by atoms with Crippen LogP contribution < -0.4 is 15.8 Å². The number of hydrogen-bond donors (Lipinski definition) is 2. The zero-order valence-corrected chi connectivity index (χ0v) is 7.15. The number of aryl methyl sites for hydroxylation is 1. The summed E-state index contributed by atoms with van der Waals surface area (Å²) in [6.45, 7) is 0.179. The maximum Gasteiger partial charge on any atom is 0.245 e. The van der Waals surface area contributed by atoms with Crippen LogP contribution in [0.4, 0.5) is 5.69 Å². The normalized spacial score (nSPS) is 21.4. The van der Waals surface area contributed by atoms with Gasteiger partial charge in [-0.1, -0.05) is 0 Å². The molecule has 0 saturated carbocycles. The van der Waals surface area contributed by atoms with Crippen LogP contribution in [0.15, 0.2) is 6.20 Å². The first-order valence-electron chi connectivity index (χ1n) is 3.89. The first kappa shape index (κ1) is 8.06. The number of fused-ring (bicyclic) bond motifs is 1. The number of nitrogens with two attached hydrogens (primary N) is 1. The smallest absolute Gasteiger partial charge is 0.245 e. The van der Waals surface area contributed by atoms with E-state index in [9.17, 15) is 4.79 Å². The lowest BCUT2D eigenvalue weighted by Crippen LogP contribution is -2.38. The third-order valence-corrected chi connectivity index (χ3v) is 1.88. The Morgan fingerprint density at radius 3 is 3.38 bits per heavy atom. The van der Waals surface area contributed by atoms with Crippen LogP contribution in [0.5, 0.6) is 5.88 Å². The van der Waals surface area contributed by atoms with Crippen LogP contribution in [0.3, 0.4) is 0 Å². The number of hydrogen-bond acceptors (Lipinski definition) is 4. The van der Waals surface area contributed by atoms with E-state index in [4.69, 9.17) is 10.5 Å². The molecule has 0 bridgehead atoms. The zero-order chi connectivity index (χ0) is 9.42. The molecule has 1 aromatic rings. The van der Waals surface area contributed by atoms with Gasteiger partial charge in [0.05, 0.1) is 6.20 Å². The Morgan fingerprint density at radius 2 is 2.62 bits per heavy atom. The summed E-state index contributed by atoms with van der Waals surface area (Å²) in [5.74, 6) is 0.299. The quantitative estimate of drug-likeness (QED) is 0.543. The summed E-state index contributed by atoms with van der Waals surface area (Å²) >= 11 is 0. The van der Waals surface area contributed by atoms with E-state index >= 15 is 0 Å². The van der Waals surface area contributed by atoms with Crippen molar-refractivity contribution < 1.29 is 9.53 Å². The molecule has 13 heavy (non-hydrogen) atoms. The number of carbonyl (C=O) groups excluding carboxylic acids is 1. The van der Waals surface area contributed by atoms with E-state index in [1.54, 1.807) is 11.7 Å². The standard InChI is InChI=1S/C7H10N4O2/c1-11-7-5(2-9-11)10-6(12)4(8)3-13-7/h2,4H,3,8H2,1H3,(H,10,12)/t4-/m0/s1. The Labute approximate surface area is 74.7 Å². The summed E-state index contributed by atoms with van der Waals surface area (Å²) in [5, 5.41) is 6.56. The minimum atomic E-state index is -0.618. The minimum absolute atomic E-state index is 0.179. The topological polar surface area (TPSA) is 82.2 Å². The van der Waals surface area contributed by atoms with Gasteiger partial charge < -0.3 is 15.8 Å². The second-order valence-corrected chi connectivity index (χ2v) is 2.89. The molecule has 0 unspecified atom stereocenters. The molecule has 6 nitrogen and oxygen atoms in total. The number of anilines is 1. The average molecular weight is 182 g/mol. The van der Waals surface area contributed by atoms with Crippen molar-refractivity contribution in [2.24, 2.45) is 12.8 Å². The van der Waals surface area contributed by atoms with Crippen LogP contribution in [0.25, 0.3) is 0 Å². The number of nitrogens with zero attached hydrogens (tertiary/aromatic N) is 2. The van der Waals surface area contributed by atoms with Crippen molar-refractivity contribution in [1.29, 1.82) is 0 Å². The summed E-state index contributed by atoms with van der Waals surface area (Å²) in [7, 11) is 1.74. The summed E-state index contributed by atoms with van der Waals surface area (Å²) in [6.07, 6.45) is 1.53. The van der Waals surface area contributed by atoms with Crippen LogP contribution >= 0.6 is 0 Å². The number of ether oxygens (including phenoxy) is 1. The van der Waals surface area contributed by atoms with E-state index < -0.39 is 6.04 Å². The minimum Gasteiger partial charge on any atom is -0.474 e. The van der Waals surface area contributed by atoms with Crippen molar-refractivity contribution in [3.63, 3.8) is 0 Å².